The normalized spacial score (nSPS) is 19.3. The van der Waals surface area contributed by atoms with Gasteiger partial charge in [-0.15, -0.1) is 0 Å². The second kappa shape index (κ2) is 11.7. The van der Waals surface area contributed by atoms with Crippen LogP contribution >= 0.6 is 0 Å². The Labute approximate surface area is 244 Å². The number of hydrogen-bond acceptors (Lipinski definition) is 7. The lowest BCUT2D eigenvalue weighted by molar-refractivity contribution is -0.168. The maximum Gasteiger partial charge on any atom is 0.328 e. The average Bonchev–Trinajstić information content (AvgIpc) is 3.07. The number of hydrogen-bond donors (Lipinski definition) is 1. The van der Waals surface area contributed by atoms with Crippen molar-refractivity contribution >= 4 is 23.4 Å². The topological polar surface area (TPSA) is 84.0 Å². The van der Waals surface area contributed by atoms with Gasteiger partial charge in [-0.2, -0.15) is 0 Å². The number of fused-ring (bicyclic) bond motifs is 2. The number of rotatable bonds is 10. The summed E-state index contributed by atoms with van der Waals surface area (Å²) in [5.41, 5.74) is 3.79. The van der Waals surface area contributed by atoms with Crippen LogP contribution in [0.3, 0.4) is 0 Å². The summed E-state index contributed by atoms with van der Waals surface area (Å²) in [6.45, 7) is 12.6. The molecule has 0 saturated carbocycles. The first-order valence-corrected chi connectivity index (χ1v) is 15.2. The number of pyridine rings is 1. The third kappa shape index (κ3) is 6.28. The van der Waals surface area contributed by atoms with E-state index in [1.54, 1.807) is 11.9 Å². The third-order valence-electron chi connectivity index (χ3n) is 8.45. The van der Waals surface area contributed by atoms with Crippen LogP contribution < -0.4 is 10.2 Å². The first-order valence-electron chi connectivity index (χ1n) is 15.2. The van der Waals surface area contributed by atoms with Gasteiger partial charge in [0.15, 0.2) is 0 Å². The smallest absolute Gasteiger partial charge is 0.328 e. The number of aryl methyl sites for hydroxylation is 2. The molecule has 0 aliphatic carbocycles. The molecule has 5 rings (SSSR count). The minimum Gasteiger partial charge on any atom is -0.459 e. The number of likely N-dealkylation sites (tertiary alicyclic amines) is 1. The van der Waals surface area contributed by atoms with Crippen LogP contribution in [0.15, 0.2) is 30.3 Å². The average molecular weight is 563 g/mol. The first kappa shape index (κ1) is 29.5. The van der Waals surface area contributed by atoms with E-state index in [0.717, 1.165) is 67.0 Å². The number of anilines is 2. The van der Waals surface area contributed by atoms with Crippen LogP contribution in [0.5, 0.6) is 0 Å². The quantitative estimate of drug-likeness (QED) is 0.315. The van der Waals surface area contributed by atoms with Crippen molar-refractivity contribution in [3.8, 4) is 0 Å². The summed E-state index contributed by atoms with van der Waals surface area (Å²) in [6, 6.07) is 9.67. The van der Waals surface area contributed by atoms with E-state index in [1.807, 2.05) is 52.8 Å². The van der Waals surface area contributed by atoms with Crippen LogP contribution in [-0.2, 0) is 37.3 Å². The van der Waals surface area contributed by atoms with E-state index in [9.17, 15) is 9.59 Å². The highest BCUT2D eigenvalue weighted by Gasteiger charge is 2.48. The molecule has 0 radical (unpaired) electrons. The van der Waals surface area contributed by atoms with Gasteiger partial charge in [0.2, 0.25) is 5.91 Å². The molecule has 3 aliphatic heterocycles. The summed E-state index contributed by atoms with van der Waals surface area (Å²) in [5.74, 6) is 0.818. The molecule has 0 spiro atoms. The largest absolute Gasteiger partial charge is 0.459 e. The number of aromatic nitrogens is 1. The Morgan fingerprint density at radius 3 is 2.68 bits per heavy atom. The Kier molecular flexibility index (Phi) is 8.44. The summed E-state index contributed by atoms with van der Waals surface area (Å²) in [6.07, 6.45) is 6.56. The van der Waals surface area contributed by atoms with Crippen molar-refractivity contribution in [2.75, 3.05) is 43.5 Å². The predicted octanol–water partition coefficient (Wildman–Crippen LogP) is 5.19. The van der Waals surface area contributed by atoms with Crippen molar-refractivity contribution in [1.82, 2.24) is 9.88 Å². The van der Waals surface area contributed by atoms with E-state index in [1.165, 1.54) is 12.0 Å². The van der Waals surface area contributed by atoms with E-state index < -0.39 is 17.1 Å². The minimum atomic E-state index is -0.715. The minimum absolute atomic E-state index is 0.0341. The van der Waals surface area contributed by atoms with Crippen LogP contribution in [-0.4, -0.2) is 66.8 Å². The molecule has 1 atom stereocenters. The second-order valence-electron chi connectivity index (χ2n) is 13.3. The van der Waals surface area contributed by atoms with Gasteiger partial charge in [0, 0.05) is 44.7 Å². The lowest BCUT2D eigenvalue weighted by atomic mass is 9.80. The Morgan fingerprint density at radius 1 is 1.15 bits per heavy atom. The van der Waals surface area contributed by atoms with Crippen LogP contribution in [0.25, 0.3) is 0 Å². The highest BCUT2D eigenvalue weighted by molar-refractivity contribution is 6.08. The standard InChI is InChI=1S/C33H46N4O4/c1-32(2,3)41-30(38)28(25-14-10-15-26-27(25)33(4,5)31(39)36(26)6)37-20-24(21-37)40-19-9-7-8-13-23-17-16-22-12-11-18-34-29(22)35-23/h10,14-17,24,28H,7-9,11-13,18-21H2,1-6H3,(H,34,35). The van der Waals surface area contributed by atoms with Crippen LogP contribution in [0.1, 0.15) is 88.7 Å². The van der Waals surface area contributed by atoms with Gasteiger partial charge in [0.05, 0.1) is 11.5 Å². The Bertz CT molecular complexity index is 1280. The predicted molar refractivity (Wildman–Crippen MR) is 161 cm³/mol. The maximum atomic E-state index is 13.6. The van der Waals surface area contributed by atoms with Gasteiger partial charge in [-0.05, 0) is 95.5 Å². The number of amides is 1. The number of likely N-dealkylation sites (N-methyl/N-ethyl adjacent to an activating group) is 1. The number of carbonyl (C=O) groups excluding carboxylic acids is 2. The molecule has 1 aromatic heterocycles. The molecule has 1 amide bonds. The zero-order valence-corrected chi connectivity index (χ0v) is 25.6. The molecule has 4 heterocycles. The molecule has 0 bridgehead atoms. The zero-order valence-electron chi connectivity index (χ0n) is 25.6. The fourth-order valence-corrected chi connectivity index (χ4v) is 6.34. The van der Waals surface area contributed by atoms with Crippen LogP contribution in [0.2, 0.25) is 0 Å². The number of esters is 1. The number of unbranched alkanes of at least 4 members (excludes halogenated alkanes) is 2. The lowest BCUT2D eigenvalue weighted by Crippen LogP contribution is -2.56. The molecule has 8 heteroatoms. The van der Waals surface area contributed by atoms with Gasteiger partial charge in [-0.1, -0.05) is 24.6 Å². The van der Waals surface area contributed by atoms with Crippen molar-refractivity contribution in [3.05, 3.63) is 52.7 Å². The molecular weight excluding hydrogens is 516 g/mol. The number of ether oxygens (including phenoxy) is 2. The molecule has 222 valence electrons. The molecule has 1 N–H and O–H groups in total. The lowest BCUT2D eigenvalue weighted by Gasteiger charge is -2.44. The molecule has 1 unspecified atom stereocenters. The Balaban J connectivity index is 1.15. The first-order chi connectivity index (χ1) is 19.5. The van der Waals surface area contributed by atoms with Crippen LogP contribution in [0, 0.1) is 0 Å². The molecule has 1 aromatic carbocycles. The third-order valence-corrected chi connectivity index (χ3v) is 8.45. The molecule has 8 nitrogen and oxygen atoms in total. The Morgan fingerprint density at radius 2 is 1.93 bits per heavy atom. The summed E-state index contributed by atoms with van der Waals surface area (Å²) >= 11 is 0. The molecule has 41 heavy (non-hydrogen) atoms. The van der Waals surface area contributed by atoms with Crippen molar-refractivity contribution in [2.45, 2.75) is 96.3 Å². The van der Waals surface area contributed by atoms with Gasteiger partial charge in [-0.25, -0.2) is 9.78 Å². The fraction of sp³-hybridized carbons (Fsp3) is 0.606. The molecule has 3 aliphatic rings. The SMILES string of the molecule is CN1C(=O)C(C)(C)c2c(C(C(=O)OC(C)(C)C)N3CC(OCCCCCc4ccc5c(n4)NCCC5)C3)cccc21. The van der Waals surface area contributed by atoms with Crippen molar-refractivity contribution in [1.29, 1.82) is 0 Å². The molecule has 2 aromatic rings. The zero-order chi connectivity index (χ0) is 29.4. The van der Waals surface area contributed by atoms with Crippen molar-refractivity contribution < 1.29 is 19.1 Å². The van der Waals surface area contributed by atoms with Crippen molar-refractivity contribution in [2.24, 2.45) is 0 Å². The van der Waals surface area contributed by atoms with Gasteiger partial charge in [-0.3, -0.25) is 9.69 Å². The van der Waals surface area contributed by atoms with Gasteiger partial charge in [0.25, 0.3) is 0 Å². The van der Waals surface area contributed by atoms with Crippen molar-refractivity contribution in [3.63, 3.8) is 0 Å². The molecule has 1 saturated heterocycles. The van der Waals surface area contributed by atoms with Gasteiger partial charge < -0.3 is 19.7 Å². The van der Waals surface area contributed by atoms with Crippen LogP contribution in [0.4, 0.5) is 11.5 Å². The van der Waals surface area contributed by atoms with Gasteiger partial charge in [0.1, 0.15) is 17.5 Å². The van der Waals surface area contributed by atoms with E-state index in [2.05, 4.69) is 22.3 Å². The number of nitrogens with zero attached hydrogens (tertiary/aromatic N) is 3. The number of nitrogens with one attached hydrogen (secondary N) is 1. The van der Waals surface area contributed by atoms with Gasteiger partial charge >= 0.3 is 5.97 Å². The molecular formula is C33H46N4O4. The summed E-state index contributed by atoms with van der Waals surface area (Å²) in [5, 5.41) is 3.42. The summed E-state index contributed by atoms with van der Waals surface area (Å²) < 4.78 is 12.1. The fourth-order valence-electron chi connectivity index (χ4n) is 6.34. The highest BCUT2D eigenvalue weighted by Crippen LogP contribution is 2.46. The highest BCUT2D eigenvalue weighted by atomic mass is 16.6. The molecule has 1 fully saturated rings. The van der Waals surface area contributed by atoms with E-state index in [4.69, 9.17) is 14.5 Å². The van der Waals surface area contributed by atoms with E-state index >= 15 is 0 Å². The summed E-state index contributed by atoms with van der Waals surface area (Å²) in [4.78, 5) is 35.3. The number of carbonyl (C=O) groups is 2. The summed E-state index contributed by atoms with van der Waals surface area (Å²) in [7, 11) is 1.80. The number of benzene rings is 1. The Hall–Kier alpha value is -2.97. The maximum absolute atomic E-state index is 13.6. The second-order valence-corrected chi connectivity index (χ2v) is 13.3. The van der Waals surface area contributed by atoms with E-state index in [-0.39, 0.29) is 18.0 Å². The monoisotopic (exact) mass is 562 g/mol. The van der Waals surface area contributed by atoms with E-state index in [0.29, 0.717) is 19.7 Å².